The summed E-state index contributed by atoms with van der Waals surface area (Å²) in [5.74, 6) is 0.605. The Morgan fingerprint density at radius 3 is 2.87 bits per heavy atom. The van der Waals surface area contributed by atoms with E-state index >= 15 is 0 Å². The number of hydrogen-bond donors (Lipinski definition) is 2. The van der Waals surface area contributed by atoms with E-state index in [2.05, 4.69) is 9.97 Å². The summed E-state index contributed by atoms with van der Waals surface area (Å²) in [5.41, 5.74) is 0.0799. The Morgan fingerprint density at radius 1 is 1.43 bits per heavy atom. The highest BCUT2D eigenvalue weighted by atomic mass is 32.2. The van der Waals surface area contributed by atoms with E-state index in [0.29, 0.717) is 40.8 Å². The SMILES string of the molecule is O=C(O)N1CCC(SCc2nc3cc(F)ccc3c(=O)[nH]2)CC1. The van der Waals surface area contributed by atoms with Gasteiger partial charge in [-0.15, -0.1) is 0 Å². The third-order valence-electron chi connectivity index (χ3n) is 3.89. The Balaban J connectivity index is 1.66. The molecule has 122 valence electrons. The predicted octanol–water partition coefficient (Wildman–Crippen LogP) is 2.44. The average Bonchev–Trinajstić information content (AvgIpc) is 2.53. The Kier molecular flexibility index (Phi) is 4.51. The molecule has 23 heavy (non-hydrogen) atoms. The first kappa shape index (κ1) is 15.8. The fraction of sp³-hybridized carbons (Fsp3) is 0.400. The quantitative estimate of drug-likeness (QED) is 0.898. The van der Waals surface area contributed by atoms with E-state index in [4.69, 9.17) is 5.11 Å². The van der Waals surface area contributed by atoms with Gasteiger partial charge >= 0.3 is 6.09 Å². The number of rotatable bonds is 3. The minimum Gasteiger partial charge on any atom is -0.465 e. The average molecular weight is 337 g/mol. The lowest BCUT2D eigenvalue weighted by Crippen LogP contribution is -2.38. The van der Waals surface area contributed by atoms with Crippen LogP contribution < -0.4 is 5.56 Å². The zero-order valence-corrected chi connectivity index (χ0v) is 13.1. The van der Waals surface area contributed by atoms with Crippen LogP contribution in [0.15, 0.2) is 23.0 Å². The minimum absolute atomic E-state index is 0.272. The van der Waals surface area contributed by atoms with Crippen molar-refractivity contribution in [1.29, 1.82) is 0 Å². The molecule has 0 atom stereocenters. The highest BCUT2D eigenvalue weighted by molar-refractivity contribution is 7.99. The molecule has 1 amide bonds. The van der Waals surface area contributed by atoms with Crippen molar-refractivity contribution in [2.45, 2.75) is 23.8 Å². The van der Waals surface area contributed by atoms with Gasteiger partial charge in [-0.1, -0.05) is 0 Å². The maximum atomic E-state index is 13.3. The lowest BCUT2D eigenvalue weighted by Gasteiger charge is -2.29. The van der Waals surface area contributed by atoms with Crippen LogP contribution in [0.4, 0.5) is 9.18 Å². The number of benzene rings is 1. The van der Waals surface area contributed by atoms with Crippen LogP contribution in [-0.4, -0.2) is 44.4 Å². The number of likely N-dealkylation sites (tertiary alicyclic amines) is 1. The third kappa shape index (κ3) is 3.64. The number of aromatic amines is 1. The molecule has 6 nitrogen and oxygen atoms in total. The van der Waals surface area contributed by atoms with E-state index in [1.165, 1.54) is 23.1 Å². The summed E-state index contributed by atoms with van der Waals surface area (Å²) < 4.78 is 13.3. The van der Waals surface area contributed by atoms with Gasteiger partial charge in [0.2, 0.25) is 0 Å². The van der Waals surface area contributed by atoms with Crippen molar-refractivity contribution in [3.8, 4) is 0 Å². The molecule has 0 unspecified atom stereocenters. The van der Waals surface area contributed by atoms with Crippen molar-refractivity contribution < 1.29 is 14.3 Å². The number of nitrogens with zero attached hydrogens (tertiary/aromatic N) is 2. The number of nitrogens with one attached hydrogen (secondary N) is 1. The second kappa shape index (κ2) is 6.57. The van der Waals surface area contributed by atoms with Gasteiger partial charge < -0.3 is 15.0 Å². The molecule has 1 aromatic carbocycles. The molecule has 1 aliphatic heterocycles. The molecule has 0 aliphatic carbocycles. The first-order valence-corrected chi connectivity index (χ1v) is 8.36. The van der Waals surface area contributed by atoms with Gasteiger partial charge in [-0.2, -0.15) is 11.8 Å². The summed E-state index contributed by atoms with van der Waals surface area (Å²) in [6.07, 6.45) is 0.684. The molecule has 1 aromatic heterocycles. The Morgan fingerprint density at radius 2 is 2.17 bits per heavy atom. The van der Waals surface area contributed by atoms with E-state index in [0.717, 1.165) is 12.8 Å². The van der Waals surface area contributed by atoms with Crippen LogP contribution in [0.2, 0.25) is 0 Å². The predicted molar refractivity (Wildman–Crippen MR) is 86.2 cm³/mol. The third-order valence-corrected chi connectivity index (χ3v) is 5.27. The second-order valence-electron chi connectivity index (χ2n) is 5.45. The first-order chi connectivity index (χ1) is 11.0. The molecule has 0 spiro atoms. The van der Waals surface area contributed by atoms with Gasteiger partial charge in [-0.25, -0.2) is 14.2 Å². The fourth-order valence-corrected chi connectivity index (χ4v) is 3.71. The molecule has 1 saturated heterocycles. The van der Waals surface area contributed by atoms with Crippen LogP contribution in [0.5, 0.6) is 0 Å². The zero-order chi connectivity index (χ0) is 16.4. The van der Waals surface area contributed by atoms with E-state index in [1.807, 2.05) is 0 Å². The molecule has 2 N–H and O–H groups in total. The van der Waals surface area contributed by atoms with E-state index in [-0.39, 0.29) is 5.56 Å². The van der Waals surface area contributed by atoms with Crippen molar-refractivity contribution in [3.05, 3.63) is 40.2 Å². The maximum Gasteiger partial charge on any atom is 0.407 e. The van der Waals surface area contributed by atoms with Crippen LogP contribution in [0.1, 0.15) is 18.7 Å². The van der Waals surface area contributed by atoms with Gasteiger partial charge in [-0.05, 0) is 25.0 Å². The summed E-state index contributed by atoms with van der Waals surface area (Å²) in [6.45, 7) is 1.06. The van der Waals surface area contributed by atoms with Crippen molar-refractivity contribution in [2.75, 3.05) is 13.1 Å². The molecule has 0 saturated carbocycles. The van der Waals surface area contributed by atoms with Crippen molar-refractivity contribution in [2.24, 2.45) is 0 Å². The largest absolute Gasteiger partial charge is 0.465 e. The summed E-state index contributed by atoms with van der Waals surface area (Å²) in [4.78, 5) is 31.3. The monoisotopic (exact) mass is 337 g/mol. The number of carbonyl (C=O) groups is 1. The molecule has 1 fully saturated rings. The number of thioether (sulfide) groups is 1. The normalized spacial score (nSPS) is 16.0. The molecule has 2 aromatic rings. The highest BCUT2D eigenvalue weighted by Crippen LogP contribution is 2.25. The lowest BCUT2D eigenvalue weighted by molar-refractivity contribution is 0.136. The molecular weight excluding hydrogens is 321 g/mol. The lowest BCUT2D eigenvalue weighted by atomic mass is 10.1. The Bertz CT molecular complexity index is 787. The van der Waals surface area contributed by atoms with Gasteiger partial charge in [0, 0.05) is 24.4 Å². The van der Waals surface area contributed by atoms with Gasteiger partial charge in [0.25, 0.3) is 5.56 Å². The van der Waals surface area contributed by atoms with Gasteiger partial charge in [0.05, 0.1) is 16.7 Å². The summed E-state index contributed by atoms with van der Waals surface area (Å²) in [7, 11) is 0. The number of carboxylic acid groups (broad SMARTS) is 1. The summed E-state index contributed by atoms with van der Waals surface area (Å²) in [5, 5.41) is 9.63. The molecular formula is C15H16FN3O3S. The van der Waals surface area contributed by atoms with Crippen molar-refractivity contribution in [1.82, 2.24) is 14.9 Å². The Hall–Kier alpha value is -2.09. The van der Waals surface area contributed by atoms with Crippen LogP contribution in [0.25, 0.3) is 10.9 Å². The van der Waals surface area contributed by atoms with Crippen molar-refractivity contribution >= 4 is 28.8 Å². The second-order valence-corrected chi connectivity index (χ2v) is 6.74. The number of aromatic nitrogens is 2. The van der Waals surface area contributed by atoms with Crippen LogP contribution >= 0.6 is 11.8 Å². The number of halogens is 1. The smallest absolute Gasteiger partial charge is 0.407 e. The van der Waals surface area contributed by atoms with Gasteiger partial charge in [0.1, 0.15) is 11.6 Å². The van der Waals surface area contributed by atoms with Crippen LogP contribution in [0, 0.1) is 5.82 Å². The van der Waals surface area contributed by atoms with Crippen molar-refractivity contribution in [3.63, 3.8) is 0 Å². The molecule has 8 heteroatoms. The van der Waals surface area contributed by atoms with Crippen LogP contribution in [0.3, 0.4) is 0 Å². The van der Waals surface area contributed by atoms with Crippen LogP contribution in [-0.2, 0) is 5.75 Å². The van der Waals surface area contributed by atoms with E-state index < -0.39 is 11.9 Å². The Labute approximate surface area is 135 Å². The first-order valence-electron chi connectivity index (χ1n) is 7.31. The molecule has 0 bridgehead atoms. The molecule has 1 aliphatic rings. The van der Waals surface area contributed by atoms with E-state index in [1.54, 1.807) is 11.8 Å². The molecule has 3 rings (SSSR count). The molecule has 0 radical (unpaired) electrons. The molecule has 2 heterocycles. The summed E-state index contributed by atoms with van der Waals surface area (Å²) >= 11 is 1.64. The standard InChI is InChI=1S/C15H16FN3O3S/c16-9-1-2-11-12(7-9)17-13(18-14(11)20)8-23-10-3-5-19(6-4-10)15(21)22/h1-2,7,10H,3-6,8H2,(H,21,22)(H,17,18,20). The summed E-state index contributed by atoms with van der Waals surface area (Å²) in [6, 6.07) is 3.92. The number of hydrogen-bond acceptors (Lipinski definition) is 4. The fourth-order valence-electron chi connectivity index (χ4n) is 2.64. The number of amides is 1. The van der Waals surface area contributed by atoms with E-state index in [9.17, 15) is 14.0 Å². The zero-order valence-electron chi connectivity index (χ0n) is 12.3. The minimum atomic E-state index is -0.879. The topological polar surface area (TPSA) is 86.3 Å². The maximum absolute atomic E-state index is 13.3. The number of fused-ring (bicyclic) bond motifs is 1. The highest BCUT2D eigenvalue weighted by Gasteiger charge is 2.22. The number of H-pyrrole nitrogens is 1. The number of piperidine rings is 1. The van der Waals surface area contributed by atoms with Gasteiger partial charge in [-0.3, -0.25) is 4.79 Å². The van der Waals surface area contributed by atoms with Gasteiger partial charge in [0.15, 0.2) is 0 Å².